The van der Waals surface area contributed by atoms with Crippen LogP contribution >= 0.6 is 0 Å². The zero-order valence-corrected chi connectivity index (χ0v) is 21.8. The molecule has 0 saturated heterocycles. The van der Waals surface area contributed by atoms with Crippen LogP contribution in [0.4, 0.5) is 17.2 Å². The average Bonchev–Trinajstić information content (AvgIpc) is 2.96. The van der Waals surface area contributed by atoms with Crippen LogP contribution in [0.25, 0.3) is 22.0 Å². The van der Waals surface area contributed by atoms with Crippen molar-refractivity contribution in [3.63, 3.8) is 0 Å². The third-order valence-electron chi connectivity index (χ3n) is 7.37. The highest BCUT2D eigenvalue weighted by Crippen LogP contribution is 2.36. The summed E-state index contributed by atoms with van der Waals surface area (Å²) in [6, 6.07) is 48.5. The van der Waals surface area contributed by atoms with E-state index in [4.69, 9.17) is 4.98 Å². The molecule has 0 aliphatic carbocycles. The molecule has 1 aliphatic heterocycles. The van der Waals surface area contributed by atoms with Crippen LogP contribution in [0, 0.1) is 6.92 Å². The highest BCUT2D eigenvalue weighted by atomic mass is 28.3. The van der Waals surface area contributed by atoms with Crippen LogP contribution < -0.4 is 20.5 Å². The number of aromatic nitrogens is 1. The second-order valence-electron chi connectivity index (χ2n) is 9.74. The second kappa shape index (κ2) is 8.88. The standard InChI is InChI=1S/C34H26N2Si/c1-24-16-19-29-27(22-24)18-21-34(35-29)36-30-14-8-9-15-32(30)37(28-12-6-3-7-13-28)33-23-26(17-20-31(33)36)25-10-4-2-5-11-25/h2-23,37H,1H3. The van der Waals surface area contributed by atoms with Gasteiger partial charge in [-0.2, -0.15) is 0 Å². The van der Waals surface area contributed by atoms with Crippen molar-refractivity contribution >= 4 is 52.5 Å². The zero-order chi connectivity index (χ0) is 24.8. The van der Waals surface area contributed by atoms with E-state index in [1.807, 2.05) is 0 Å². The van der Waals surface area contributed by atoms with E-state index in [-0.39, 0.29) is 0 Å². The first kappa shape index (κ1) is 21.8. The number of rotatable bonds is 3. The molecule has 2 heterocycles. The second-order valence-corrected chi connectivity index (χ2v) is 12.5. The minimum absolute atomic E-state index is 0.957. The lowest BCUT2D eigenvalue weighted by molar-refractivity contribution is 1.21. The van der Waals surface area contributed by atoms with E-state index in [2.05, 4.69) is 145 Å². The van der Waals surface area contributed by atoms with E-state index in [1.54, 1.807) is 0 Å². The van der Waals surface area contributed by atoms with Crippen molar-refractivity contribution < 1.29 is 0 Å². The molecule has 37 heavy (non-hydrogen) atoms. The van der Waals surface area contributed by atoms with Gasteiger partial charge in [-0.1, -0.05) is 108 Å². The quantitative estimate of drug-likeness (QED) is 0.273. The van der Waals surface area contributed by atoms with E-state index in [1.165, 1.54) is 49.0 Å². The minimum Gasteiger partial charge on any atom is -0.295 e. The fourth-order valence-electron chi connectivity index (χ4n) is 5.64. The highest BCUT2D eigenvalue weighted by molar-refractivity contribution is 6.98. The Morgan fingerprint density at radius 2 is 1.30 bits per heavy atom. The number of hydrogen-bond acceptors (Lipinski definition) is 2. The Balaban J connectivity index is 1.49. The van der Waals surface area contributed by atoms with Crippen molar-refractivity contribution in [1.29, 1.82) is 0 Å². The molecule has 0 saturated carbocycles. The predicted octanol–water partition coefficient (Wildman–Crippen LogP) is 6.24. The normalized spacial score (nSPS) is 14.3. The van der Waals surface area contributed by atoms with Crippen molar-refractivity contribution in [1.82, 2.24) is 4.98 Å². The minimum atomic E-state index is -1.72. The lowest BCUT2D eigenvalue weighted by Crippen LogP contribution is -2.57. The summed E-state index contributed by atoms with van der Waals surface area (Å²) in [7, 11) is -1.72. The largest absolute Gasteiger partial charge is 0.295 e. The van der Waals surface area contributed by atoms with Crippen molar-refractivity contribution in [2.45, 2.75) is 6.92 Å². The Kier molecular flexibility index (Phi) is 5.23. The van der Waals surface area contributed by atoms with Gasteiger partial charge in [-0.3, -0.25) is 4.90 Å². The first-order valence-corrected chi connectivity index (χ1v) is 14.5. The van der Waals surface area contributed by atoms with Crippen LogP contribution in [-0.4, -0.2) is 13.8 Å². The summed E-state index contributed by atoms with van der Waals surface area (Å²) in [4.78, 5) is 7.52. The third-order valence-corrected chi connectivity index (χ3v) is 10.6. The number of fused-ring (bicyclic) bond motifs is 3. The Labute approximate surface area is 219 Å². The van der Waals surface area contributed by atoms with Gasteiger partial charge in [0.2, 0.25) is 0 Å². The van der Waals surface area contributed by atoms with E-state index >= 15 is 0 Å². The Bertz CT molecular complexity index is 1750. The summed E-state index contributed by atoms with van der Waals surface area (Å²) >= 11 is 0. The number of pyridine rings is 1. The Hall–Kier alpha value is -4.47. The number of benzene rings is 5. The van der Waals surface area contributed by atoms with E-state index in [0.717, 1.165) is 11.3 Å². The number of aryl methyl sites for hydroxylation is 1. The number of hydrogen-bond donors (Lipinski definition) is 0. The molecule has 176 valence electrons. The smallest absolute Gasteiger partial charge is 0.138 e. The molecule has 1 atom stereocenters. The molecule has 3 heteroatoms. The molecule has 2 nitrogen and oxygen atoms in total. The average molecular weight is 491 g/mol. The number of anilines is 3. The molecule has 0 fully saturated rings. The molecule has 0 bridgehead atoms. The lowest BCUT2D eigenvalue weighted by Gasteiger charge is -2.37. The van der Waals surface area contributed by atoms with Crippen LogP contribution in [0.15, 0.2) is 133 Å². The summed E-state index contributed by atoms with van der Waals surface area (Å²) in [5.74, 6) is 0.957. The summed E-state index contributed by atoms with van der Waals surface area (Å²) in [6.07, 6.45) is 0. The van der Waals surface area contributed by atoms with Crippen molar-refractivity contribution in [3.8, 4) is 11.1 Å². The van der Waals surface area contributed by atoms with Gasteiger partial charge in [0, 0.05) is 16.8 Å². The first-order chi connectivity index (χ1) is 18.3. The van der Waals surface area contributed by atoms with Gasteiger partial charge >= 0.3 is 0 Å². The molecule has 0 spiro atoms. The van der Waals surface area contributed by atoms with Crippen LogP contribution in [0.5, 0.6) is 0 Å². The maximum atomic E-state index is 5.16. The summed E-state index contributed by atoms with van der Waals surface area (Å²) < 4.78 is 0. The van der Waals surface area contributed by atoms with Crippen LogP contribution in [0.3, 0.4) is 0 Å². The molecular formula is C34H26N2Si. The molecule has 5 aromatic carbocycles. The molecular weight excluding hydrogens is 464 g/mol. The number of nitrogens with zero attached hydrogens (tertiary/aromatic N) is 2. The lowest BCUT2D eigenvalue weighted by atomic mass is 10.0. The molecule has 1 aromatic heterocycles. The van der Waals surface area contributed by atoms with Gasteiger partial charge in [-0.25, -0.2) is 4.98 Å². The van der Waals surface area contributed by atoms with Crippen molar-refractivity contribution in [2.75, 3.05) is 4.90 Å². The fourth-order valence-corrected chi connectivity index (χ4v) is 8.99. The molecule has 1 unspecified atom stereocenters. The zero-order valence-electron chi connectivity index (χ0n) is 20.7. The Morgan fingerprint density at radius 1 is 0.568 bits per heavy atom. The topological polar surface area (TPSA) is 16.1 Å². The Morgan fingerprint density at radius 3 is 2.14 bits per heavy atom. The SMILES string of the molecule is Cc1ccc2nc(N3c4ccccc4[SiH](c4ccccc4)c4cc(-c5ccccc5)ccc43)ccc2c1. The van der Waals surface area contributed by atoms with Gasteiger partial charge in [-0.15, -0.1) is 0 Å². The summed E-state index contributed by atoms with van der Waals surface area (Å²) in [5, 5.41) is 5.46. The van der Waals surface area contributed by atoms with E-state index < -0.39 is 8.80 Å². The van der Waals surface area contributed by atoms with Gasteiger partial charge in [-0.05, 0) is 64.8 Å². The molecule has 6 aromatic rings. The van der Waals surface area contributed by atoms with Crippen LogP contribution in [0.2, 0.25) is 0 Å². The maximum Gasteiger partial charge on any atom is 0.138 e. The predicted molar refractivity (Wildman–Crippen MR) is 159 cm³/mol. The van der Waals surface area contributed by atoms with Gasteiger partial charge in [0.25, 0.3) is 0 Å². The summed E-state index contributed by atoms with van der Waals surface area (Å²) in [5.41, 5.74) is 7.25. The van der Waals surface area contributed by atoms with Gasteiger partial charge < -0.3 is 0 Å². The maximum absolute atomic E-state index is 5.16. The van der Waals surface area contributed by atoms with E-state index in [9.17, 15) is 0 Å². The molecule has 0 N–H and O–H groups in total. The van der Waals surface area contributed by atoms with Crippen LogP contribution in [0.1, 0.15) is 5.56 Å². The molecule has 7 rings (SSSR count). The number of para-hydroxylation sites is 1. The monoisotopic (exact) mass is 490 g/mol. The van der Waals surface area contributed by atoms with Gasteiger partial charge in [0.05, 0.1) is 5.52 Å². The molecule has 1 aliphatic rings. The fraction of sp³-hybridized carbons (Fsp3) is 0.0294. The van der Waals surface area contributed by atoms with Crippen LogP contribution in [-0.2, 0) is 0 Å². The van der Waals surface area contributed by atoms with Gasteiger partial charge in [0.1, 0.15) is 14.6 Å². The summed E-state index contributed by atoms with van der Waals surface area (Å²) in [6.45, 7) is 2.13. The van der Waals surface area contributed by atoms with Gasteiger partial charge in [0.15, 0.2) is 0 Å². The van der Waals surface area contributed by atoms with Crippen molar-refractivity contribution in [3.05, 3.63) is 139 Å². The van der Waals surface area contributed by atoms with E-state index in [0.29, 0.717) is 0 Å². The molecule has 0 amide bonds. The molecule has 0 radical (unpaired) electrons. The first-order valence-electron chi connectivity index (χ1n) is 12.8. The third kappa shape index (κ3) is 3.76. The van der Waals surface area contributed by atoms with Crippen molar-refractivity contribution in [2.24, 2.45) is 0 Å². The highest BCUT2D eigenvalue weighted by Gasteiger charge is 2.34.